The molecule has 5 nitrogen and oxygen atoms in total. The quantitative estimate of drug-likeness (QED) is 0.750. The van der Waals surface area contributed by atoms with Crippen LogP contribution in [0.4, 0.5) is 5.69 Å². The van der Waals surface area contributed by atoms with E-state index in [4.69, 9.17) is 4.74 Å². The van der Waals surface area contributed by atoms with Crippen LogP contribution < -0.4 is 10.6 Å². The van der Waals surface area contributed by atoms with Gasteiger partial charge in [-0.2, -0.15) is 0 Å². The number of hydrogen-bond acceptors (Lipinski definition) is 3. The maximum Gasteiger partial charge on any atom is 0.253 e. The predicted octanol–water partition coefficient (Wildman–Crippen LogP) is 1.41. The molecule has 0 radical (unpaired) electrons. The van der Waals surface area contributed by atoms with E-state index in [1.807, 2.05) is 0 Å². The Labute approximate surface area is 107 Å². The van der Waals surface area contributed by atoms with E-state index >= 15 is 0 Å². The first kappa shape index (κ1) is 14.2. The minimum absolute atomic E-state index is 0.118. The van der Waals surface area contributed by atoms with E-state index in [9.17, 15) is 9.59 Å². The molecule has 2 N–H and O–H groups in total. The van der Waals surface area contributed by atoms with Gasteiger partial charge in [-0.3, -0.25) is 9.59 Å². The second kappa shape index (κ2) is 7.45. The Bertz CT molecular complexity index is 418. The van der Waals surface area contributed by atoms with Gasteiger partial charge in [-0.15, -0.1) is 0 Å². The number of methoxy groups -OCH3 is 1. The van der Waals surface area contributed by atoms with E-state index in [2.05, 4.69) is 10.6 Å². The fourth-order valence-electron chi connectivity index (χ4n) is 1.39. The molecular weight excluding hydrogens is 232 g/mol. The van der Waals surface area contributed by atoms with Crippen LogP contribution in [-0.2, 0) is 9.53 Å². The van der Waals surface area contributed by atoms with Gasteiger partial charge in [0, 0.05) is 20.1 Å². The first-order valence-electron chi connectivity index (χ1n) is 5.85. The molecule has 1 aromatic carbocycles. The van der Waals surface area contributed by atoms with E-state index in [1.165, 1.54) is 0 Å². The summed E-state index contributed by atoms with van der Waals surface area (Å²) in [6.45, 7) is 2.65. The second-order valence-electron chi connectivity index (χ2n) is 3.70. The van der Waals surface area contributed by atoms with Crippen LogP contribution in [0.25, 0.3) is 0 Å². The van der Waals surface area contributed by atoms with Crippen LogP contribution in [0.3, 0.4) is 0 Å². The van der Waals surface area contributed by atoms with Gasteiger partial charge in [0.25, 0.3) is 5.91 Å². The van der Waals surface area contributed by atoms with Crippen molar-refractivity contribution in [3.63, 3.8) is 0 Å². The number of ether oxygens (including phenoxy) is 1. The summed E-state index contributed by atoms with van der Waals surface area (Å²) < 4.78 is 4.86. The Kier molecular flexibility index (Phi) is 5.87. The SMILES string of the molecule is CCC(=O)Nc1ccccc1C(=O)NCCOC. The molecule has 1 rings (SSSR count). The Morgan fingerprint density at radius 3 is 2.67 bits per heavy atom. The summed E-state index contributed by atoms with van der Waals surface area (Å²) >= 11 is 0. The molecule has 98 valence electrons. The van der Waals surface area contributed by atoms with Gasteiger partial charge in [0.2, 0.25) is 5.91 Å². The average Bonchev–Trinajstić information content (AvgIpc) is 2.39. The summed E-state index contributed by atoms with van der Waals surface area (Å²) in [5.74, 6) is -0.341. The monoisotopic (exact) mass is 250 g/mol. The van der Waals surface area contributed by atoms with Gasteiger partial charge in [-0.1, -0.05) is 19.1 Å². The Morgan fingerprint density at radius 1 is 1.28 bits per heavy atom. The lowest BCUT2D eigenvalue weighted by atomic mass is 10.1. The second-order valence-corrected chi connectivity index (χ2v) is 3.70. The summed E-state index contributed by atoms with van der Waals surface area (Å²) in [7, 11) is 1.57. The molecule has 0 bridgehead atoms. The van der Waals surface area contributed by atoms with Gasteiger partial charge >= 0.3 is 0 Å². The molecule has 0 fully saturated rings. The number of amides is 2. The van der Waals surface area contributed by atoms with Crippen LogP contribution in [0.15, 0.2) is 24.3 Å². The van der Waals surface area contributed by atoms with E-state index in [-0.39, 0.29) is 11.8 Å². The number of nitrogens with one attached hydrogen (secondary N) is 2. The maximum absolute atomic E-state index is 11.9. The molecule has 0 atom stereocenters. The first-order chi connectivity index (χ1) is 8.69. The predicted molar refractivity (Wildman–Crippen MR) is 69.6 cm³/mol. The van der Waals surface area contributed by atoms with Crippen molar-refractivity contribution in [3.8, 4) is 0 Å². The van der Waals surface area contributed by atoms with Crippen molar-refractivity contribution in [1.82, 2.24) is 5.32 Å². The zero-order valence-electron chi connectivity index (χ0n) is 10.7. The number of carbonyl (C=O) groups is 2. The van der Waals surface area contributed by atoms with E-state index in [1.54, 1.807) is 38.3 Å². The third kappa shape index (κ3) is 4.18. The Morgan fingerprint density at radius 2 is 2.00 bits per heavy atom. The highest BCUT2D eigenvalue weighted by Gasteiger charge is 2.11. The third-order valence-corrected chi connectivity index (χ3v) is 2.36. The largest absolute Gasteiger partial charge is 0.383 e. The highest BCUT2D eigenvalue weighted by Crippen LogP contribution is 2.15. The summed E-state index contributed by atoms with van der Waals surface area (Å²) in [5, 5.41) is 5.42. The maximum atomic E-state index is 11.9. The number of para-hydroxylation sites is 1. The number of carbonyl (C=O) groups excluding carboxylic acids is 2. The lowest BCUT2D eigenvalue weighted by Gasteiger charge is -2.10. The van der Waals surface area contributed by atoms with Gasteiger partial charge < -0.3 is 15.4 Å². The van der Waals surface area contributed by atoms with Crippen molar-refractivity contribution in [2.45, 2.75) is 13.3 Å². The highest BCUT2D eigenvalue weighted by atomic mass is 16.5. The van der Waals surface area contributed by atoms with Gasteiger partial charge in [0.15, 0.2) is 0 Å². The topological polar surface area (TPSA) is 67.4 Å². The highest BCUT2D eigenvalue weighted by molar-refractivity contribution is 6.03. The van der Waals surface area contributed by atoms with Gasteiger partial charge in [0.05, 0.1) is 17.9 Å². The molecule has 0 unspecified atom stereocenters. The fraction of sp³-hybridized carbons (Fsp3) is 0.385. The molecule has 0 saturated heterocycles. The third-order valence-electron chi connectivity index (χ3n) is 2.36. The lowest BCUT2D eigenvalue weighted by Crippen LogP contribution is -2.28. The molecule has 2 amide bonds. The summed E-state index contributed by atoms with van der Waals surface area (Å²) in [4.78, 5) is 23.2. The molecule has 0 spiro atoms. The molecule has 0 aliphatic carbocycles. The van der Waals surface area contributed by atoms with Gasteiger partial charge in [-0.25, -0.2) is 0 Å². The Balaban J connectivity index is 2.74. The molecule has 0 saturated carbocycles. The lowest BCUT2D eigenvalue weighted by molar-refractivity contribution is -0.115. The summed E-state index contributed by atoms with van der Waals surface area (Å²) in [5.41, 5.74) is 0.981. The van der Waals surface area contributed by atoms with Crippen LogP contribution in [0.5, 0.6) is 0 Å². The van der Waals surface area contributed by atoms with Crippen molar-refractivity contribution in [2.75, 3.05) is 25.6 Å². The van der Waals surface area contributed by atoms with Crippen LogP contribution in [0.1, 0.15) is 23.7 Å². The Hall–Kier alpha value is -1.88. The van der Waals surface area contributed by atoms with E-state index in [0.29, 0.717) is 30.8 Å². The summed E-state index contributed by atoms with van der Waals surface area (Å²) in [6, 6.07) is 6.91. The van der Waals surface area contributed by atoms with E-state index < -0.39 is 0 Å². The summed E-state index contributed by atoms with van der Waals surface area (Å²) in [6.07, 6.45) is 0.375. The minimum atomic E-state index is -0.223. The molecule has 18 heavy (non-hydrogen) atoms. The van der Waals surface area contributed by atoms with Gasteiger partial charge in [0.1, 0.15) is 0 Å². The zero-order valence-corrected chi connectivity index (χ0v) is 10.7. The van der Waals surface area contributed by atoms with Crippen molar-refractivity contribution in [3.05, 3.63) is 29.8 Å². The average molecular weight is 250 g/mol. The van der Waals surface area contributed by atoms with Crippen molar-refractivity contribution < 1.29 is 14.3 Å². The smallest absolute Gasteiger partial charge is 0.253 e. The van der Waals surface area contributed by atoms with Crippen molar-refractivity contribution in [2.24, 2.45) is 0 Å². The molecule has 0 aliphatic heterocycles. The van der Waals surface area contributed by atoms with Crippen LogP contribution in [0.2, 0.25) is 0 Å². The normalized spacial score (nSPS) is 9.89. The van der Waals surface area contributed by atoms with Crippen molar-refractivity contribution in [1.29, 1.82) is 0 Å². The number of hydrogen-bond donors (Lipinski definition) is 2. The number of rotatable bonds is 6. The molecule has 5 heteroatoms. The molecular formula is C13H18N2O3. The molecule has 0 aromatic heterocycles. The van der Waals surface area contributed by atoms with Crippen molar-refractivity contribution >= 4 is 17.5 Å². The zero-order chi connectivity index (χ0) is 13.4. The molecule has 0 heterocycles. The number of benzene rings is 1. The van der Waals surface area contributed by atoms with Crippen LogP contribution >= 0.6 is 0 Å². The number of anilines is 1. The first-order valence-corrected chi connectivity index (χ1v) is 5.85. The molecule has 0 aliphatic rings. The minimum Gasteiger partial charge on any atom is -0.383 e. The van der Waals surface area contributed by atoms with Gasteiger partial charge in [-0.05, 0) is 12.1 Å². The molecule has 1 aromatic rings. The van der Waals surface area contributed by atoms with Crippen LogP contribution in [0, 0.1) is 0 Å². The standard InChI is InChI=1S/C13H18N2O3/c1-3-12(16)15-11-7-5-4-6-10(11)13(17)14-8-9-18-2/h4-7H,3,8-9H2,1-2H3,(H,14,17)(H,15,16). The van der Waals surface area contributed by atoms with Crippen LogP contribution in [-0.4, -0.2) is 32.1 Å². The van der Waals surface area contributed by atoms with E-state index in [0.717, 1.165) is 0 Å². The fourth-order valence-corrected chi connectivity index (χ4v) is 1.39.